The van der Waals surface area contributed by atoms with E-state index in [9.17, 15) is 14.0 Å². The van der Waals surface area contributed by atoms with Gasteiger partial charge in [0.25, 0.3) is 0 Å². The molecule has 0 aliphatic carbocycles. The molecule has 29 heavy (non-hydrogen) atoms. The SMILES string of the molecule is C=C(C)C(=O)Oc1ccc(-c2ccc(OC(=O)C(C)(C)C)c(F)c2)c(COC)c1. The second-order valence-corrected chi connectivity index (χ2v) is 7.71. The number of benzene rings is 2. The van der Waals surface area contributed by atoms with Crippen molar-refractivity contribution in [2.24, 2.45) is 5.41 Å². The van der Waals surface area contributed by atoms with Gasteiger partial charge in [-0.1, -0.05) is 18.7 Å². The van der Waals surface area contributed by atoms with Gasteiger partial charge in [-0.25, -0.2) is 9.18 Å². The van der Waals surface area contributed by atoms with Crippen LogP contribution in [0.15, 0.2) is 48.6 Å². The summed E-state index contributed by atoms with van der Waals surface area (Å²) in [4.78, 5) is 23.7. The fourth-order valence-corrected chi connectivity index (χ4v) is 2.39. The molecule has 0 aliphatic heterocycles. The highest BCUT2D eigenvalue weighted by molar-refractivity contribution is 5.89. The Morgan fingerprint density at radius 1 is 1.07 bits per heavy atom. The zero-order valence-corrected chi connectivity index (χ0v) is 17.3. The van der Waals surface area contributed by atoms with E-state index in [0.29, 0.717) is 22.4 Å². The minimum atomic E-state index is -0.742. The van der Waals surface area contributed by atoms with Gasteiger partial charge in [0.05, 0.1) is 12.0 Å². The molecular weight excluding hydrogens is 375 g/mol. The molecule has 0 atom stereocenters. The number of carbonyl (C=O) groups is 2. The lowest BCUT2D eigenvalue weighted by atomic mass is 9.97. The van der Waals surface area contributed by atoms with Crippen LogP contribution in [0.5, 0.6) is 11.5 Å². The van der Waals surface area contributed by atoms with Crippen LogP contribution in [0.1, 0.15) is 33.3 Å². The number of ether oxygens (including phenoxy) is 3. The fourth-order valence-electron chi connectivity index (χ4n) is 2.39. The van der Waals surface area contributed by atoms with Crippen LogP contribution in [0.25, 0.3) is 11.1 Å². The molecule has 0 aromatic heterocycles. The Bertz CT molecular complexity index is 941. The zero-order valence-electron chi connectivity index (χ0n) is 17.3. The van der Waals surface area contributed by atoms with Crippen molar-refractivity contribution in [1.29, 1.82) is 0 Å². The molecule has 0 saturated heterocycles. The Labute approximate surface area is 170 Å². The van der Waals surface area contributed by atoms with Crippen molar-refractivity contribution in [1.82, 2.24) is 0 Å². The molecule has 0 saturated carbocycles. The fraction of sp³-hybridized carbons (Fsp3) is 0.304. The van der Waals surface area contributed by atoms with Crippen molar-refractivity contribution in [2.75, 3.05) is 7.11 Å². The number of rotatable bonds is 6. The molecule has 0 spiro atoms. The maximum atomic E-state index is 14.6. The van der Waals surface area contributed by atoms with Gasteiger partial charge in [-0.3, -0.25) is 4.79 Å². The first kappa shape index (κ1) is 22.3. The highest BCUT2D eigenvalue weighted by atomic mass is 19.1. The van der Waals surface area contributed by atoms with Gasteiger partial charge < -0.3 is 14.2 Å². The standard InChI is InChI=1S/C23H25FO5/c1-14(2)21(25)28-17-8-9-18(16(11-17)13-27-6)15-7-10-20(19(24)12-15)29-22(26)23(3,4)5/h7-12H,1,13H2,2-6H3. The van der Waals surface area contributed by atoms with Crippen molar-refractivity contribution in [3.05, 3.63) is 59.9 Å². The molecule has 0 heterocycles. The summed E-state index contributed by atoms with van der Waals surface area (Å²) < 4.78 is 30.2. The third-order valence-corrected chi connectivity index (χ3v) is 3.99. The number of hydrogen-bond donors (Lipinski definition) is 0. The molecule has 0 N–H and O–H groups in total. The summed E-state index contributed by atoms with van der Waals surface area (Å²) in [5, 5.41) is 0. The minimum absolute atomic E-state index is 0.131. The third kappa shape index (κ3) is 5.74. The van der Waals surface area contributed by atoms with Crippen LogP contribution < -0.4 is 9.47 Å². The van der Waals surface area contributed by atoms with E-state index in [1.807, 2.05) is 0 Å². The summed E-state index contributed by atoms with van der Waals surface area (Å²) in [6, 6.07) is 9.35. The van der Waals surface area contributed by atoms with Gasteiger partial charge in [0.1, 0.15) is 5.75 Å². The zero-order chi connectivity index (χ0) is 21.8. The van der Waals surface area contributed by atoms with Crippen molar-refractivity contribution >= 4 is 11.9 Å². The molecule has 2 rings (SSSR count). The smallest absolute Gasteiger partial charge is 0.338 e. The van der Waals surface area contributed by atoms with Gasteiger partial charge in [0.15, 0.2) is 11.6 Å². The maximum Gasteiger partial charge on any atom is 0.338 e. The Kier molecular flexibility index (Phi) is 6.93. The van der Waals surface area contributed by atoms with E-state index < -0.39 is 23.2 Å². The molecular formula is C23H25FO5. The molecule has 5 nitrogen and oxygen atoms in total. The molecule has 0 amide bonds. The second kappa shape index (κ2) is 9.01. The third-order valence-electron chi connectivity index (χ3n) is 3.99. The first-order valence-corrected chi connectivity index (χ1v) is 9.04. The molecule has 0 bridgehead atoms. The minimum Gasteiger partial charge on any atom is -0.423 e. The lowest BCUT2D eigenvalue weighted by Gasteiger charge is -2.17. The molecule has 2 aromatic rings. The summed E-state index contributed by atoms with van der Waals surface area (Å²) in [5.74, 6) is -1.50. The van der Waals surface area contributed by atoms with Crippen LogP contribution in [0.2, 0.25) is 0 Å². The van der Waals surface area contributed by atoms with E-state index in [2.05, 4.69) is 6.58 Å². The van der Waals surface area contributed by atoms with Crippen molar-refractivity contribution in [2.45, 2.75) is 34.3 Å². The summed E-state index contributed by atoms with van der Waals surface area (Å²) in [6.07, 6.45) is 0. The van der Waals surface area contributed by atoms with Gasteiger partial charge in [0.2, 0.25) is 0 Å². The van der Waals surface area contributed by atoms with Crippen molar-refractivity contribution in [3.8, 4) is 22.6 Å². The molecule has 6 heteroatoms. The highest BCUT2D eigenvalue weighted by Gasteiger charge is 2.25. The van der Waals surface area contributed by atoms with Crippen LogP contribution in [-0.4, -0.2) is 19.0 Å². The van der Waals surface area contributed by atoms with Crippen LogP contribution in [0.4, 0.5) is 4.39 Å². The topological polar surface area (TPSA) is 61.8 Å². The van der Waals surface area contributed by atoms with E-state index in [1.54, 1.807) is 52.0 Å². The Morgan fingerprint density at radius 2 is 1.76 bits per heavy atom. The van der Waals surface area contributed by atoms with Crippen LogP contribution >= 0.6 is 0 Å². The number of carbonyl (C=O) groups excluding carboxylic acids is 2. The van der Waals surface area contributed by atoms with Crippen LogP contribution in [0.3, 0.4) is 0 Å². The van der Waals surface area contributed by atoms with E-state index in [1.165, 1.54) is 19.2 Å². The molecule has 154 valence electrons. The monoisotopic (exact) mass is 400 g/mol. The molecule has 2 aromatic carbocycles. The summed E-state index contributed by atoms with van der Waals surface area (Å²) in [5.41, 5.74) is 1.52. The van der Waals surface area contributed by atoms with Crippen molar-refractivity contribution < 1.29 is 28.2 Å². The largest absolute Gasteiger partial charge is 0.423 e. The average molecular weight is 400 g/mol. The van der Waals surface area contributed by atoms with Gasteiger partial charge in [-0.05, 0) is 68.7 Å². The van der Waals surface area contributed by atoms with Gasteiger partial charge >= 0.3 is 11.9 Å². The summed E-state index contributed by atoms with van der Waals surface area (Å²) in [7, 11) is 1.53. The first-order chi connectivity index (χ1) is 13.5. The van der Waals surface area contributed by atoms with E-state index in [0.717, 1.165) is 0 Å². The summed E-state index contributed by atoms with van der Waals surface area (Å²) >= 11 is 0. The van der Waals surface area contributed by atoms with Gasteiger partial charge in [-0.15, -0.1) is 0 Å². The predicted molar refractivity (Wildman–Crippen MR) is 108 cm³/mol. The predicted octanol–water partition coefficient (Wildman–Crippen LogP) is 5.07. The molecule has 0 aliphatic rings. The number of esters is 2. The quantitative estimate of drug-likeness (QED) is 0.385. The van der Waals surface area contributed by atoms with Crippen LogP contribution in [-0.2, 0) is 20.9 Å². The highest BCUT2D eigenvalue weighted by Crippen LogP contribution is 2.32. The normalized spacial score (nSPS) is 11.1. The number of hydrogen-bond acceptors (Lipinski definition) is 5. The molecule has 0 fully saturated rings. The summed E-state index contributed by atoms with van der Waals surface area (Å²) in [6.45, 7) is 10.4. The lowest BCUT2D eigenvalue weighted by Crippen LogP contribution is -2.25. The maximum absolute atomic E-state index is 14.6. The number of halogens is 1. The van der Waals surface area contributed by atoms with E-state index >= 15 is 0 Å². The lowest BCUT2D eigenvalue weighted by molar-refractivity contribution is -0.143. The van der Waals surface area contributed by atoms with Crippen molar-refractivity contribution in [3.63, 3.8) is 0 Å². The van der Waals surface area contributed by atoms with Gasteiger partial charge in [0, 0.05) is 12.7 Å². The first-order valence-electron chi connectivity index (χ1n) is 9.04. The second-order valence-electron chi connectivity index (χ2n) is 7.71. The van der Waals surface area contributed by atoms with Crippen LogP contribution in [0, 0.1) is 11.2 Å². The Morgan fingerprint density at radius 3 is 2.31 bits per heavy atom. The van der Waals surface area contributed by atoms with E-state index in [4.69, 9.17) is 14.2 Å². The molecule has 0 unspecified atom stereocenters. The Hall–Kier alpha value is -2.99. The average Bonchev–Trinajstić information content (AvgIpc) is 2.63. The number of methoxy groups -OCH3 is 1. The van der Waals surface area contributed by atoms with E-state index in [-0.39, 0.29) is 17.9 Å². The Balaban J connectivity index is 2.35. The van der Waals surface area contributed by atoms with Gasteiger partial charge in [-0.2, -0.15) is 0 Å². The molecule has 0 radical (unpaired) electrons.